The summed E-state index contributed by atoms with van der Waals surface area (Å²) in [6.45, 7) is 4.14. The van der Waals surface area contributed by atoms with E-state index in [-0.39, 0.29) is 24.3 Å². The van der Waals surface area contributed by atoms with Crippen LogP contribution in [0.5, 0.6) is 0 Å². The van der Waals surface area contributed by atoms with Crippen molar-refractivity contribution in [1.82, 2.24) is 10.2 Å². The van der Waals surface area contributed by atoms with E-state index < -0.39 is 6.04 Å². The Morgan fingerprint density at radius 1 is 1.07 bits per heavy atom. The van der Waals surface area contributed by atoms with E-state index in [2.05, 4.69) is 5.32 Å². The van der Waals surface area contributed by atoms with Gasteiger partial charge in [-0.2, -0.15) is 0 Å². The lowest BCUT2D eigenvalue weighted by molar-refractivity contribution is -0.140. The van der Waals surface area contributed by atoms with Gasteiger partial charge in [0.1, 0.15) is 6.04 Å². The SMILES string of the molecule is Cc1ccc(CC(=O)N(Cc2ccccc2Cl)[C@@H](C)C(=O)NC2CCCCC2)cc1. The molecule has 5 heteroatoms. The molecule has 0 aromatic heterocycles. The first kappa shape index (κ1) is 22.4. The van der Waals surface area contributed by atoms with E-state index in [4.69, 9.17) is 11.6 Å². The van der Waals surface area contributed by atoms with Crippen molar-refractivity contribution in [2.45, 2.75) is 71.0 Å². The molecule has 0 unspecified atom stereocenters. The molecule has 1 atom stereocenters. The second-order valence-corrected chi connectivity index (χ2v) is 8.70. The maximum absolute atomic E-state index is 13.3. The monoisotopic (exact) mass is 426 g/mol. The normalized spacial score (nSPS) is 15.4. The fraction of sp³-hybridized carbons (Fsp3) is 0.440. The number of carbonyl (C=O) groups excluding carboxylic acids is 2. The van der Waals surface area contributed by atoms with Gasteiger partial charge in [-0.25, -0.2) is 0 Å². The molecule has 1 saturated carbocycles. The molecule has 0 radical (unpaired) electrons. The molecule has 1 aliphatic carbocycles. The number of amides is 2. The summed E-state index contributed by atoms with van der Waals surface area (Å²) in [7, 11) is 0. The van der Waals surface area contributed by atoms with Gasteiger partial charge in [0.05, 0.1) is 6.42 Å². The Bertz CT molecular complexity index is 860. The van der Waals surface area contributed by atoms with Crippen LogP contribution in [0.25, 0.3) is 0 Å². The minimum atomic E-state index is -0.568. The molecule has 0 heterocycles. The number of nitrogens with one attached hydrogen (secondary N) is 1. The molecule has 1 fully saturated rings. The van der Waals surface area contributed by atoms with Crippen LogP contribution in [0.15, 0.2) is 48.5 Å². The molecule has 4 nitrogen and oxygen atoms in total. The Kier molecular flexibility index (Phi) is 7.92. The van der Waals surface area contributed by atoms with Crippen LogP contribution in [-0.2, 0) is 22.6 Å². The van der Waals surface area contributed by atoms with E-state index in [1.54, 1.807) is 4.90 Å². The number of hydrogen-bond donors (Lipinski definition) is 1. The zero-order valence-corrected chi connectivity index (χ0v) is 18.6. The molecule has 2 aromatic carbocycles. The van der Waals surface area contributed by atoms with Crippen molar-refractivity contribution >= 4 is 23.4 Å². The fourth-order valence-corrected chi connectivity index (χ4v) is 4.14. The van der Waals surface area contributed by atoms with Gasteiger partial charge in [0.25, 0.3) is 0 Å². The fourth-order valence-electron chi connectivity index (χ4n) is 3.94. The van der Waals surface area contributed by atoms with Gasteiger partial charge in [-0.05, 0) is 43.9 Å². The number of nitrogens with zero attached hydrogens (tertiary/aromatic N) is 1. The van der Waals surface area contributed by atoms with Crippen LogP contribution < -0.4 is 5.32 Å². The lowest BCUT2D eigenvalue weighted by atomic mass is 9.95. The van der Waals surface area contributed by atoms with Crippen molar-refractivity contribution in [2.24, 2.45) is 0 Å². The van der Waals surface area contributed by atoms with Crippen LogP contribution in [0.3, 0.4) is 0 Å². The van der Waals surface area contributed by atoms with Gasteiger partial charge in [-0.1, -0.05) is 78.9 Å². The molecule has 160 valence electrons. The number of carbonyl (C=O) groups is 2. The van der Waals surface area contributed by atoms with Crippen molar-refractivity contribution in [3.05, 3.63) is 70.2 Å². The summed E-state index contributed by atoms with van der Waals surface area (Å²) < 4.78 is 0. The second kappa shape index (κ2) is 10.6. The maximum atomic E-state index is 13.3. The molecule has 1 N–H and O–H groups in total. The van der Waals surface area contributed by atoms with Gasteiger partial charge in [0, 0.05) is 17.6 Å². The molecule has 0 spiro atoms. The molecule has 2 aromatic rings. The van der Waals surface area contributed by atoms with E-state index in [0.29, 0.717) is 11.6 Å². The van der Waals surface area contributed by atoms with Gasteiger partial charge in [-0.15, -0.1) is 0 Å². The molecular weight excluding hydrogens is 396 g/mol. The van der Waals surface area contributed by atoms with E-state index in [1.165, 1.54) is 6.42 Å². The van der Waals surface area contributed by atoms with Gasteiger partial charge < -0.3 is 10.2 Å². The predicted molar refractivity (Wildman–Crippen MR) is 121 cm³/mol. The lowest BCUT2D eigenvalue weighted by Crippen LogP contribution is -2.50. The standard InChI is InChI=1S/C25H31ClN2O2/c1-18-12-14-20(15-13-18)16-24(29)28(17-21-8-6-7-11-23(21)26)19(2)25(30)27-22-9-4-3-5-10-22/h6-8,11-15,19,22H,3-5,9-10,16-17H2,1-2H3,(H,27,30)/t19-/m0/s1. The predicted octanol–water partition coefficient (Wildman–Crippen LogP) is 5.06. The van der Waals surface area contributed by atoms with E-state index >= 15 is 0 Å². The average Bonchev–Trinajstić information content (AvgIpc) is 2.75. The molecule has 0 bridgehead atoms. The Labute approximate surface area is 184 Å². The first-order valence-corrected chi connectivity index (χ1v) is 11.2. The van der Waals surface area contributed by atoms with Crippen molar-refractivity contribution in [3.8, 4) is 0 Å². The second-order valence-electron chi connectivity index (χ2n) is 8.29. The largest absolute Gasteiger partial charge is 0.352 e. The van der Waals surface area contributed by atoms with E-state index in [0.717, 1.165) is 42.4 Å². The summed E-state index contributed by atoms with van der Waals surface area (Å²) in [5.41, 5.74) is 2.93. The third kappa shape index (κ3) is 6.09. The van der Waals surface area contributed by atoms with Crippen LogP contribution in [-0.4, -0.2) is 28.8 Å². The highest BCUT2D eigenvalue weighted by molar-refractivity contribution is 6.31. The summed E-state index contributed by atoms with van der Waals surface area (Å²) in [6.07, 6.45) is 5.81. The Morgan fingerprint density at radius 3 is 2.40 bits per heavy atom. The number of hydrogen-bond acceptors (Lipinski definition) is 2. The lowest BCUT2D eigenvalue weighted by Gasteiger charge is -2.31. The highest BCUT2D eigenvalue weighted by Crippen LogP contribution is 2.21. The Balaban J connectivity index is 1.76. The summed E-state index contributed by atoms with van der Waals surface area (Å²) in [6, 6.07) is 15.1. The van der Waals surface area contributed by atoms with Crippen molar-refractivity contribution < 1.29 is 9.59 Å². The zero-order valence-electron chi connectivity index (χ0n) is 17.9. The van der Waals surface area contributed by atoms with Gasteiger partial charge >= 0.3 is 0 Å². The number of benzene rings is 2. The highest BCUT2D eigenvalue weighted by Gasteiger charge is 2.28. The minimum absolute atomic E-state index is 0.0786. The number of halogens is 1. The van der Waals surface area contributed by atoms with Crippen molar-refractivity contribution in [2.75, 3.05) is 0 Å². The zero-order chi connectivity index (χ0) is 21.5. The molecule has 3 rings (SSSR count). The molecule has 1 aliphatic rings. The minimum Gasteiger partial charge on any atom is -0.352 e. The smallest absolute Gasteiger partial charge is 0.242 e. The first-order valence-electron chi connectivity index (χ1n) is 10.8. The summed E-state index contributed by atoms with van der Waals surface area (Å²) in [4.78, 5) is 27.9. The van der Waals surface area contributed by atoms with Crippen LogP contribution >= 0.6 is 11.6 Å². The summed E-state index contributed by atoms with van der Waals surface area (Å²) in [5.74, 6) is -0.170. The molecule has 0 saturated heterocycles. The van der Waals surface area contributed by atoms with Gasteiger partial charge in [-0.3, -0.25) is 9.59 Å². The Morgan fingerprint density at radius 2 is 1.73 bits per heavy atom. The topological polar surface area (TPSA) is 49.4 Å². The van der Waals surface area contributed by atoms with Gasteiger partial charge in [0.15, 0.2) is 0 Å². The highest BCUT2D eigenvalue weighted by atomic mass is 35.5. The molecule has 0 aliphatic heterocycles. The first-order chi connectivity index (χ1) is 14.4. The van der Waals surface area contributed by atoms with Crippen LogP contribution in [0.4, 0.5) is 0 Å². The summed E-state index contributed by atoms with van der Waals surface area (Å²) in [5, 5.41) is 3.76. The van der Waals surface area contributed by atoms with Crippen molar-refractivity contribution in [3.63, 3.8) is 0 Å². The summed E-state index contributed by atoms with van der Waals surface area (Å²) >= 11 is 6.35. The van der Waals surface area contributed by atoms with Crippen LogP contribution in [0, 0.1) is 6.92 Å². The van der Waals surface area contributed by atoms with E-state index in [1.807, 2.05) is 62.4 Å². The number of rotatable bonds is 7. The maximum Gasteiger partial charge on any atom is 0.242 e. The van der Waals surface area contributed by atoms with Crippen LogP contribution in [0.2, 0.25) is 5.02 Å². The van der Waals surface area contributed by atoms with Crippen LogP contribution in [0.1, 0.15) is 55.7 Å². The molecule has 30 heavy (non-hydrogen) atoms. The molecule has 2 amide bonds. The quantitative estimate of drug-likeness (QED) is 0.672. The van der Waals surface area contributed by atoms with Gasteiger partial charge in [0.2, 0.25) is 11.8 Å². The third-order valence-corrected chi connectivity index (χ3v) is 6.26. The van der Waals surface area contributed by atoms with Crippen molar-refractivity contribution in [1.29, 1.82) is 0 Å². The van der Waals surface area contributed by atoms with E-state index in [9.17, 15) is 9.59 Å². The average molecular weight is 427 g/mol. The molecular formula is C25H31ClN2O2. The Hall–Kier alpha value is -2.33. The number of aryl methyl sites for hydroxylation is 1. The third-order valence-electron chi connectivity index (χ3n) is 5.89.